The largest absolute Gasteiger partial charge is 0.478 e. The highest BCUT2D eigenvalue weighted by molar-refractivity contribution is 14.0. The summed E-state index contributed by atoms with van der Waals surface area (Å²) in [7, 11) is 2.05. The molecule has 0 bridgehead atoms. The third-order valence-corrected chi connectivity index (χ3v) is 3.13. The third kappa shape index (κ3) is 8.20. The molecule has 1 aromatic rings. The molecule has 130 valence electrons. The van der Waals surface area contributed by atoms with Crippen molar-refractivity contribution in [3.8, 4) is 5.88 Å². The molecule has 23 heavy (non-hydrogen) atoms. The number of hydrogen-bond donors (Lipinski definition) is 1. The van der Waals surface area contributed by atoms with Gasteiger partial charge in [0.1, 0.15) is 0 Å². The van der Waals surface area contributed by atoms with Crippen LogP contribution in [0.2, 0.25) is 0 Å². The molecule has 0 aromatic carbocycles. The van der Waals surface area contributed by atoms with Crippen LogP contribution in [-0.2, 0) is 6.54 Å². The van der Waals surface area contributed by atoms with Crippen molar-refractivity contribution in [2.75, 3.05) is 26.7 Å². The summed E-state index contributed by atoms with van der Waals surface area (Å²) in [5.74, 6) is 1.57. The molecular weight excluding hydrogens is 403 g/mol. The SMILES string of the molecule is C=CCCCN(C)C(=NCc1cccnc1OCC)NCC.I. The Kier molecular flexibility index (Phi) is 12.4. The Balaban J connectivity index is 0.00000484. The zero-order chi connectivity index (χ0) is 16.2. The molecule has 0 aliphatic heterocycles. The molecule has 0 amide bonds. The second-order valence-electron chi connectivity index (χ2n) is 4.92. The first kappa shape index (κ1) is 21.7. The number of unbranched alkanes of at least 4 members (excludes halogenated alkanes) is 1. The number of halogens is 1. The lowest BCUT2D eigenvalue weighted by molar-refractivity contribution is 0.323. The van der Waals surface area contributed by atoms with Crippen molar-refractivity contribution < 1.29 is 4.74 Å². The minimum atomic E-state index is 0. The van der Waals surface area contributed by atoms with E-state index in [0.29, 0.717) is 19.0 Å². The number of nitrogens with one attached hydrogen (secondary N) is 1. The lowest BCUT2D eigenvalue weighted by Crippen LogP contribution is -2.39. The maximum Gasteiger partial charge on any atom is 0.218 e. The predicted octanol–water partition coefficient (Wildman–Crippen LogP) is 3.46. The monoisotopic (exact) mass is 432 g/mol. The van der Waals surface area contributed by atoms with E-state index in [1.54, 1.807) is 6.20 Å². The van der Waals surface area contributed by atoms with Gasteiger partial charge in [-0.25, -0.2) is 9.98 Å². The molecule has 1 N–H and O–H groups in total. The highest BCUT2D eigenvalue weighted by Gasteiger charge is 2.07. The van der Waals surface area contributed by atoms with Gasteiger partial charge < -0.3 is 15.0 Å². The van der Waals surface area contributed by atoms with Crippen molar-refractivity contribution >= 4 is 29.9 Å². The molecule has 1 heterocycles. The van der Waals surface area contributed by atoms with Crippen molar-refractivity contribution in [3.05, 3.63) is 36.5 Å². The van der Waals surface area contributed by atoms with Crippen LogP contribution in [0.25, 0.3) is 0 Å². The summed E-state index contributed by atoms with van der Waals surface area (Å²) in [6.07, 6.45) is 5.77. The van der Waals surface area contributed by atoms with Crippen LogP contribution in [0.3, 0.4) is 0 Å². The van der Waals surface area contributed by atoms with E-state index in [1.165, 1.54) is 0 Å². The molecule has 0 unspecified atom stereocenters. The zero-order valence-corrected chi connectivity index (χ0v) is 16.7. The molecule has 0 aliphatic rings. The van der Waals surface area contributed by atoms with Crippen molar-refractivity contribution in [2.45, 2.75) is 33.2 Å². The molecule has 0 spiro atoms. The third-order valence-electron chi connectivity index (χ3n) is 3.13. The second kappa shape index (κ2) is 13.2. The van der Waals surface area contributed by atoms with Crippen LogP contribution >= 0.6 is 24.0 Å². The lowest BCUT2D eigenvalue weighted by atomic mass is 10.3. The van der Waals surface area contributed by atoms with Crippen molar-refractivity contribution in [3.63, 3.8) is 0 Å². The van der Waals surface area contributed by atoms with Crippen molar-refractivity contribution in [1.82, 2.24) is 15.2 Å². The van der Waals surface area contributed by atoms with Crippen LogP contribution in [0.15, 0.2) is 36.0 Å². The fourth-order valence-corrected chi connectivity index (χ4v) is 2.02. The first-order valence-corrected chi connectivity index (χ1v) is 7.89. The lowest BCUT2D eigenvalue weighted by Gasteiger charge is -2.22. The van der Waals surface area contributed by atoms with Gasteiger partial charge in [-0.05, 0) is 32.8 Å². The molecule has 0 fully saturated rings. The summed E-state index contributed by atoms with van der Waals surface area (Å²) in [5, 5.41) is 3.32. The summed E-state index contributed by atoms with van der Waals surface area (Å²) in [5.41, 5.74) is 0.999. The standard InChI is InChI=1S/C17H28N4O.HI/c1-5-8-9-13-21(4)17(18-6-2)20-14-15-11-10-12-19-16(15)22-7-3;/h5,10-12H,1,6-9,13-14H2,2-4H3,(H,18,20);1H. The Morgan fingerprint density at radius 3 is 2.91 bits per heavy atom. The Morgan fingerprint density at radius 2 is 2.26 bits per heavy atom. The van der Waals surface area contributed by atoms with Gasteiger partial charge in [-0.1, -0.05) is 12.1 Å². The van der Waals surface area contributed by atoms with Crippen LogP contribution in [0, 0.1) is 0 Å². The molecule has 6 heteroatoms. The highest BCUT2D eigenvalue weighted by Crippen LogP contribution is 2.15. The summed E-state index contributed by atoms with van der Waals surface area (Å²) >= 11 is 0. The van der Waals surface area contributed by atoms with Crippen LogP contribution in [0.1, 0.15) is 32.3 Å². The van der Waals surface area contributed by atoms with Gasteiger partial charge >= 0.3 is 0 Å². The van der Waals surface area contributed by atoms with Crippen LogP contribution in [-0.4, -0.2) is 42.6 Å². The molecule has 0 atom stereocenters. The molecule has 0 aliphatic carbocycles. The highest BCUT2D eigenvalue weighted by atomic mass is 127. The number of guanidine groups is 1. The van der Waals surface area contributed by atoms with Crippen molar-refractivity contribution in [1.29, 1.82) is 0 Å². The minimum absolute atomic E-state index is 0. The number of allylic oxidation sites excluding steroid dienone is 1. The first-order chi connectivity index (χ1) is 10.7. The van der Waals surface area contributed by atoms with E-state index in [1.807, 2.05) is 25.1 Å². The predicted molar refractivity (Wildman–Crippen MR) is 108 cm³/mol. The van der Waals surface area contributed by atoms with Crippen LogP contribution in [0.4, 0.5) is 0 Å². The number of rotatable bonds is 9. The Hall–Kier alpha value is -1.31. The van der Waals surface area contributed by atoms with E-state index in [4.69, 9.17) is 9.73 Å². The summed E-state index contributed by atoms with van der Waals surface area (Å²) in [6.45, 7) is 10.7. The number of aromatic nitrogens is 1. The average molecular weight is 432 g/mol. The van der Waals surface area contributed by atoms with E-state index in [0.717, 1.165) is 37.5 Å². The summed E-state index contributed by atoms with van der Waals surface area (Å²) < 4.78 is 5.54. The Bertz CT molecular complexity index is 479. The van der Waals surface area contributed by atoms with Gasteiger partial charge in [0.2, 0.25) is 5.88 Å². The number of nitrogens with zero attached hydrogens (tertiary/aromatic N) is 3. The van der Waals surface area contributed by atoms with Crippen LogP contribution in [0.5, 0.6) is 5.88 Å². The van der Waals surface area contributed by atoms with Crippen LogP contribution < -0.4 is 10.1 Å². The number of ether oxygens (including phenoxy) is 1. The smallest absolute Gasteiger partial charge is 0.218 e. The fraction of sp³-hybridized carbons (Fsp3) is 0.529. The molecule has 0 saturated heterocycles. The summed E-state index contributed by atoms with van der Waals surface area (Å²) in [4.78, 5) is 11.1. The fourth-order valence-electron chi connectivity index (χ4n) is 2.02. The first-order valence-electron chi connectivity index (χ1n) is 7.89. The van der Waals surface area contributed by atoms with E-state index in [9.17, 15) is 0 Å². The maximum atomic E-state index is 5.54. The molecule has 5 nitrogen and oxygen atoms in total. The van der Waals surface area contributed by atoms with Gasteiger partial charge in [0.15, 0.2) is 5.96 Å². The minimum Gasteiger partial charge on any atom is -0.478 e. The van der Waals surface area contributed by atoms with Gasteiger partial charge in [-0.15, -0.1) is 30.6 Å². The number of aliphatic imine (C=N–C) groups is 1. The number of hydrogen-bond acceptors (Lipinski definition) is 3. The molecule has 1 rings (SSSR count). The van der Waals surface area contributed by atoms with Gasteiger partial charge in [-0.2, -0.15) is 0 Å². The molecule has 0 radical (unpaired) electrons. The maximum absolute atomic E-state index is 5.54. The van der Waals surface area contributed by atoms with E-state index >= 15 is 0 Å². The van der Waals surface area contributed by atoms with E-state index < -0.39 is 0 Å². The average Bonchev–Trinajstić information content (AvgIpc) is 2.53. The second-order valence-corrected chi connectivity index (χ2v) is 4.92. The quantitative estimate of drug-likeness (QED) is 0.214. The normalized spacial score (nSPS) is 10.7. The molecule has 0 saturated carbocycles. The Labute approximate surface area is 157 Å². The van der Waals surface area contributed by atoms with Gasteiger partial charge in [0.25, 0.3) is 0 Å². The van der Waals surface area contributed by atoms with Gasteiger partial charge in [0, 0.05) is 31.9 Å². The van der Waals surface area contributed by atoms with Gasteiger partial charge in [0.05, 0.1) is 13.2 Å². The Morgan fingerprint density at radius 1 is 1.48 bits per heavy atom. The topological polar surface area (TPSA) is 49.8 Å². The molecule has 1 aromatic heterocycles. The van der Waals surface area contributed by atoms with E-state index in [-0.39, 0.29) is 24.0 Å². The zero-order valence-electron chi connectivity index (χ0n) is 14.4. The summed E-state index contributed by atoms with van der Waals surface area (Å²) in [6, 6.07) is 3.91. The van der Waals surface area contributed by atoms with Crippen molar-refractivity contribution in [2.24, 2.45) is 4.99 Å². The number of pyridine rings is 1. The van der Waals surface area contributed by atoms with Gasteiger partial charge in [-0.3, -0.25) is 0 Å². The molecular formula is C17H29IN4O. The van der Waals surface area contributed by atoms with E-state index in [2.05, 4.69) is 35.8 Å².